The highest BCUT2D eigenvalue weighted by Crippen LogP contribution is 2.32. The van der Waals surface area contributed by atoms with Gasteiger partial charge in [0, 0.05) is 60.0 Å². The van der Waals surface area contributed by atoms with E-state index in [1.165, 1.54) is 15.8 Å². The summed E-state index contributed by atoms with van der Waals surface area (Å²) in [5.41, 5.74) is 1.98. The van der Waals surface area contributed by atoms with Gasteiger partial charge in [-0.2, -0.15) is 0 Å². The van der Waals surface area contributed by atoms with Crippen LogP contribution in [0.15, 0.2) is 64.8 Å². The Morgan fingerprint density at radius 3 is 2.67 bits per heavy atom. The Hall–Kier alpha value is -2.91. The predicted molar refractivity (Wildman–Crippen MR) is 158 cm³/mol. The maximum Gasteiger partial charge on any atom is 0.252 e. The Morgan fingerprint density at radius 2 is 1.85 bits per heavy atom. The second-order valence-corrected chi connectivity index (χ2v) is 11.6. The number of unbranched alkanes of at least 4 members (excludes halogenated alkanes) is 1. The first-order chi connectivity index (χ1) is 19.2. The second kappa shape index (κ2) is 12.1. The van der Waals surface area contributed by atoms with E-state index in [1.807, 2.05) is 35.6 Å². The molecule has 2 fully saturated rings. The number of aliphatic hydroxyl groups is 1. The summed E-state index contributed by atoms with van der Waals surface area (Å²) >= 11 is 1.81. The molecule has 1 saturated carbocycles. The van der Waals surface area contributed by atoms with Crippen molar-refractivity contribution in [1.82, 2.24) is 9.47 Å². The fraction of sp³-hybridized carbons (Fsp3) is 0.452. The van der Waals surface area contributed by atoms with Gasteiger partial charge >= 0.3 is 0 Å². The van der Waals surface area contributed by atoms with Gasteiger partial charge in [0.15, 0.2) is 6.29 Å². The predicted octanol–water partition coefficient (Wildman–Crippen LogP) is 5.29. The van der Waals surface area contributed by atoms with E-state index in [0.29, 0.717) is 6.61 Å². The smallest absolute Gasteiger partial charge is 0.252 e. The maximum absolute atomic E-state index is 12.6. The van der Waals surface area contributed by atoms with Crippen molar-refractivity contribution >= 4 is 38.0 Å². The zero-order chi connectivity index (χ0) is 26.6. The van der Waals surface area contributed by atoms with Crippen LogP contribution in [-0.4, -0.2) is 60.2 Å². The molecule has 1 saturated heterocycles. The highest BCUT2D eigenvalue weighted by atomic mass is 32.1. The quantitative estimate of drug-likeness (QED) is 0.203. The Bertz CT molecular complexity index is 1460. The van der Waals surface area contributed by atoms with Crippen LogP contribution in [-0.2, 0) is 11.5 Å². The molecule has 2 aromatic carbocycles. The van der Waals surface area contributed by atoms with Crippen LogP contribution in [0.5, 0.6) is 5.75 Å². The van der Waals surface area contributed by atoms with Crippen LogP contribution >= 0.6 is 11.3 Å². The van der Waals surface area contributed by atoms with E-state index in [9.17, 15) is 9.90 Å². The van der Waals surface area contributed by atoms with Gasteiger partial charge in [-0.1, -0.05) is 12.5 Å². The second-order valence-electron chi connectivity index (χ2n) is 10.7. The van der Waals surface area contributed by atoms with Crippen molar-refractivity contribution in [2.24, 2.45) is 5.92 Å². The number of hydrogen-bond acceptors (Lipinski definition) is 7. The highest BCUT2D eigenvalue weighted by molar-refractivity contribution is 7.17. The molecule has 1 aliphatic carbocycles. The normalized spacial score (nSPS) is 17.5. The molecule has 7 nitrogen and oxygen atoms in total. The van der Waals surface area contributed by atoms with Gasteiger partial charge in [0.2, 0.25) is 0 Å². The minimum atomic E-state index is -0.821. The molecule has 3 heterocycles. The van der Waals surface area contributed by atoms with E-state index in [4.69, 9.17) is 9.47 Å². The zero-order valence-electron chi connectivity index (χ0n) is 22.3. The van der Waals surface area contributed by atoms with E-state index in [-0.39, 0.29) is 18.2 Å². The van der Waals surface area contributed by atoms with Gasteiger partial charge in [0.25, 0.3) is 5.56 Å². The molecule has 4 aromatic rings. The molecule has 0 bridgehead atoms. The van der Waals surface area contributed by atoms with Gasteiger partial charge in [-0.15, -0.1) is 11.3 Å². The summed E-state index contributed by atoms with van der Waals surface area (Å²) in [7, 11) is 0. The fourth-order valence-electron chi connectivity index (χ4n) is 5.60. The lowest BCUT2D eigenvalue weighted by Crippen LogP contribution is -2.46. The number of piperazine rings is 1. The third-order valence-electron chi connectivity index (χ3n) is 8.21. The Balaban J connectivity index is 0.966. The minimum Gasteiger partial charge on any atom is -0.494 e. The summed E-state index contributed by atoms with van der Waals surface area (Å²) < 4.78 is 14.6. The monoisotopic (exact) mass is 547 g/mol. The molecule has 2 aromatic heterocycles. The fourth-order valence-corrected chi connectivity index (χ4v) is 6.40. The number of anilines is 1. The van der Waals surface area contributed by atoms with Crippen molar-refractivity contribution in [2.45, 2.75) is 45.1 Å². The molecule has 0 radical (unpaired) electrons. The van der Waals surface area contributed by atoms with Crippen molar-refractivity contribution in [3.8, 4) is 5.75 Å². The lowest BCUT2D eigenvalue weighted by molar-refractivity contribution is -0.171. The molecule has 0 spiro atoms. The first-order valence-corrected chi connectivity index (χ1v) is 15.0. The van der Waals surface area contributed by atoms with E-state index >= 15 is 0 Å². The van der Waals surface area contributed by atoms with E-state index in [2.05, 4.69) is 39.4 Å². The van der Waals surface area contributed by atoms with Crippen LogP contribution in [0.3, 0.4) is 0 Å². The highest BCUT2D eigenvalue weighted by Gasteiger charge is 2.26. The summed E-state index contributed by atoms with van der Waals surface area (Å²) in [5, 5.41) is 14.7. The summed E-state index contributed by atoms with van der Waals surface area (Å²) in [6.07, 6.45) is 4.33. The molecule has 0 amide bonds. The Morgan fingerprint density at radius 1 is 1.00 bits per heavy atom. The van der Waals surface area contributed by atoms with Gasteiger partial charge < -0.3 is 19.5 Å². The first-order valence-electron chi connectivity index (χ1n) is 14.2. The average molecular weight is 548 g/mol. The number of ether oxygens (including phenoxy) is 2. The first kappa shape index (κ1) is 26.3. The van der Waals surface area contributed by atoms with Crippen molar-refractivity contribution in [2.75, 3.05) is 44.2 Å². The SMILES string of the molecule is O=c1ccc2ccc(OCCCCN3CCN(c4cccc5sccc45)CC3)cc2n1COC(O)C1CCC1. The molecule has 39 heavy (non-hydrogen) atoms. The van der Waals surface area contributed by atoms with Gasteiger partial charge in [0.05, 0.1) is 12.1 Å². The number of hydrogen-bond donors (Lipinski definition) is 1. The largest absolute Gasteiger partial charge is 0.494 e. The number of fused-ring (bicyclic) bond motifs is 2. The molecular weight excluding hydrogens is 510 g/mol. The zero-order valence-corrected chi connectivity index (χ0v) is 23.2. The summed E-state index contributed by atoms with van der Waals surface area (Å²) in [6.45, 7) is 6.05. The van der Waals surface area contributed by atoms with E-state index < -0.39 is 6.29 Å². The topological polar surface area (TPSA) is 67.2 Å². The van der Waals surface area contributed by atoms with Crippen LogP contribution in [0.25, 0.3) is 21.0 Å². The van der Waals surface area contributed by atoms with E-state index in [0.717, 1.165) is 81.5 Å². The number of pyridine rings is 1. The number of benzene rings is 2. The number of aliphatic hydroxyl groups excluding tert-OH is 1. The average Bonchev–Trinajstić information content (AvgIpc) is 3.41. The van der Waals surface area contributed by atoms with Crippen LogP contribution in [0.4, 0.5) is 5.69 Å². The minimum absolute atomic E-state index is 0.0347. The molecule has 2 aliphatic rings. The molecule has 1 atom stereocenters. The number of rotatable bonds is 11. The summed E-state index contributed by atoms with van der Waals surface area (Å²) in [5.74, 6) is 0.928. The summed E-state index contributed by atoms with van der Waals surface area (Å²) in [4.78, 5) is 17.6. The Kier molecular flexibility index (Phi) is 8.16. The van der Waals surface area contributed by atoms with Crippen LogP contribution in [0, 0.1) is 5.92 Å². The Labute approximate surface area is 233 Å². The summed E-state index contributed by atoms with van der Waals surface area (Å²) in [6, 6.07) is 18.1. The molecular formula is C31H37N3O4S. The molecule has 8 heteroatoms. The molecule has 1 N–H and O–H groups in total. The molecule has 1 unspecified atom stereocenters. The van der Waals surface area contributed by atoms with Crippen molar-refractivity contribution in [3.63, 3.8) is 0 Å². The number of thiophene rings is 1. The van der Waals surface area contributed by atoms with Gasteiger partial charge in [-0.3, -0.25) is 14.3 Å². The van der Waals surface area contributed by atoms with Crippen LogP contribution in [0.1, 0.15) is 32.1 Å². The van der Waals surface area contributed by atoms with Crippen LogP contribution in [0.2, 0.25) is 0 Å². The van der Waals surface area contributed by atoms with Gasteiger partial charge in [-0.25, -0.2) is 0 Å². The molecule has 206 valence electrons. The van der Waals surface area contributed by atoms with Crippen LogP contribution < -0.4 is 15.2 Å². The maximum atomic E-state index is 12.6. The number of aromatic nitrogens is 1. The van der Waals surface area contributed by atoms with Gasteiger partial charge in [-0.05, 0) is 79.4 Å². The molecule has 1 aliphatic heterocycles. The van der Waals surface area contributed by atoms with Crippen molar-refractivity contribution in [3.05, 3.63) is 70.3 Å². The lowest BCUT2D eigenvalue weighted by atomic mass is 9.85. The molecule has 6 rings (SSSR count). The van der Waals surface area contributed by atoms with Crippen molar-refractivity contribution in [1.29, 1.82) is 0 Å². The van der Waals surface area contributed by atoms with E-state index in [1.54, 1.807) is 10.6 Å². The standard InChI is InChI=1S/C31H37N3O4S/c35-30-12-10-23-9-11-25(21-28(23)34(30)22-38-31(36)24-5-3-6-24)37-19-2-1-14-32-15-17-33(18-16-32)27-7-4-8-29-26(27)13-20-39-29/h4,7-13,20-21,24,31,36H,1-3,5-6,14-19,22H2. The number of nitrogens with zero attached hydrogens (tertiary/aromatic N) is 3. The third kappa shape index (κ3) is 5.99. The third-order valence-corrected chi connectivity index (χ3v) is 9.10. The van der Waals surface area contributed by atoms with Crippen molar-refractivity contribution < 1.29 is 14.6 Å². The van der Waals surface area contributed by atoms with Gasteiger partial charge in [0.1, 0.15) is 12.5 Å². The lowest BCUT2D eigenvalue weighted by Gasteiger charge is -2.36.